The predicted molar refractivity (Wildman–Crippen MR) is 97.1 cm³/mol. The van der Waals surface area contributed by atoms with Gasteiger partial charge in [-0.05, 0) is 55.3 Å². The van der Waals surface area contributed by atoms with Gasteiger partial charge >= 0.3 is 6.09 Å². The van der Waals surface area contributed by atoms with Gasteiger partial charge in [0.25, 0.3) is 0 Å². The summed E-state index contributed by atoms with van der Waals surface area (Å²) in [6.45, 7) is 6.89. The number of amides is 1. The Balaban J connectivity index is 1.71. The van der Waals surface area contributed by atoms with Gasteiger partial charge in [-0.1, -0.05) is 6.07 Å². The highest BCUT2D eigenvalue weighted by Gasteiger charge is 2.30. The van der Waals surface area contributed by atoms with Crippen LogP contribution in [0.5, 0.6) is 0 Å². The van der Waals surface area contributed by atoms with Gasteiger partial charge in [-0.15, -0.1) is 0 Å². The molecular formula is C17H21BrN4O2. The molecule has 1 aliphatic heterocycles. The number of ether oxygens (including phenoxy) is 1. The summed E-state index contributed by atoms with van der Waals surface area (Å²) in [6, 6.07) is 5.97. The van der Waals surface area contributed by atoms with Crippen LogP contribution in [0.3, 0.4) is 0 Å². The Morgan fingerprint density at radius 3 is 3.00 bits per heavy atom. The lowest BCUT2D eigenvalue weighted by molar-refractivity contribution is 0.0293. The zero-order chi connectivity index (χ0) is 17.3. The number of fused-ring (bicyclic) bond motifs is 1. The van der Waals surface area contributed by atoms with Crippen LogP contribution in [-0.4, -0.2) is 45.7 Å². The Kier molecular flexibility index (Phi) is 4.62. The minimum atomic E-state index is -0.478. The molecule has 0 unspecified atom stereocenters. The molecule has 1 fully saturated rings. The van der Waals surface area contributed by atoms with Gasteiger partial charge in [0.2, 0.25) is 0 Å². The molecule has 1 amide bonds. The number of halogens is 1. The zero-order valence-electron chi connectivity index (χ0n) is 14.0. The van der Waals surface area contributed by atoms with Gasteiger partial charge in [0, 0.05) is 30.7 Å². The molecule has 6 nitrogen and oxygen atoms in total. The molecule has 0 aromatic carbocycles. The standard InChI is InChI=1S/C17H21BrN4O2/c1-17(2,3)24-16(23)22-8-6-12(10-22)20-15-14-11(5-4-7-19-14)9-13(18)21-15/h4-5,7,9,12H,6,8,10H2,1-3H3,(H,20,21)/t12-/m0/s1. The van der Waals surface area contributed by atoms with Gasteiger partial charge < -0.3 is 15.0 Å². The Morgan fingerprint density at radius 1 is 1.46 bits per heavy atom. The number of nitrogens with one attached hydrogen (secondary N) is 1. The van der Waals surface area contributed by atoms with Crippen molar-refractivity contribution in [1.82, 2.24) is 14.9 Å². The minimum absolute atomic E-state index is 0.129. The highest BCUT2D eigenvalue weighted by atomic mass is 79.9. The molecule has 0 aliphatic carbocycles. The number of carbonyl (C=O) groups is 1. The molecule has 1 atom stereocenters. The molecular weight excluding hydrogens is 372 g/mol. The Hall–Kier alpha value is -1.89. The molecule has 7 heteroatoms. The predicted octanol–water partition coefficient (Wildman–Crippen LogP) is 3.81. The molecule has 2 aromatic rings. The van der Waals surface area contributed by atoms with E-state index in [4.69, 9.17) is 4.74 Å². The third kappa shape index (κ3) is 3.95. The van der Waals surface area contributed by atoms with E-state index in [-0.39, 0.29) is 12.1 Å². The van der Waals surface area contributed by atoms with Gasteiger partial charge in [0.15, 0.2) is 5.82 Å². The van der Waals surface area contributed by atoms with Crippen molar-refractivity contribution in [2.24, 2.45) is 0 Å². The number of likely N-dealkylation sites (tertiary alicyclic amines) is 1. The van der Waals surface area contributed by atoms with E-state index in [0.29, 0.717) is 13.1 Å². The molecule has 0 bridgehead atoms. The first-order chi connectivity index (χ1) is 11.3. The van der Waals surface area contributed by atoms with Crippen LogP contribution in [0, 0.1) is 0 Å². The smallest absolute Gasteiger partial charge is 0.410 e. The number of aromatic nitrogens is 2. The van der Waals surface area contributed by atoms with Crippen LogP contribution >= 0.6 is 15.9 Å². The van der Waals surface area contributed by atoms with E-state index < -0.39 is 5.60 Å². The SMILES string of the molecule is CC(C)(C)OC(=O)N1CC[C@H](Nc2nc(Br)cc3cccnc23)C1. The van der Waals surface area contributed by atoms with Crippen LogP contribution in [0.25, 0.3) is 10.9 Å². The van der Waals surface area contributed by atoms with Gasteiger partial charge in [-0.3, -0.25) is 4.98 Å². The zero-order valence-corrected chi connectivity index (χ0v) is 15.6. The number of rotatable bonds is 2. The highest BCUT2D eigenvalue weighted by molar-refractivity contribution is 9.10. The Morgan fingerprint density at radius 2 is 2.25 bits per heavy atom. The first-order valence-corrected chi connectivity index (χ1v) is 8.77. The maximum Gasteiger partial charge on any atom is 0.410 e. The highest BCUT2D eigenvalue weighted by Crippen LogP contribution is 2.25. The van der Waals surface area contributed by atoms with E-state index in [0.717, 1.165) is 27.7 Å². The second kappa shape index (κ2) is 6.55. The first-order valence-electron chi connectivity index (χ1n) is 7.97. The quantitative estimate of drug-likeness (QED) is 0.786. The average Bonchev–Trinajstić information content (AvgIpc) is 2.94. The maximum atomic E-state index is 12.2. The van der Waals surface area contributed by atoms with Crippen molar-refractivity contribution < 1.29 is 9.53 Å². The molecule has 0 spiro atoms. The van der Waals surface area contributed by atoms with Crippen LogP contribution < -0.4 is 5.32 Å². The Bertz CT molecular complexity index is 760. The number of carbonyl (C=O) groups excluding carboxylic acids is 1. The normalized spacial score (nSPS) is 18.0. The third-order valence-electron chi connectivity index (χ3n) is 3.74. The second-order valence-electron chi connectivity index (χ2n) is 6.93. The summed E-state index contributed by atoms with van der Waals surface area (Å²) >= 11 is 3.44. The molecule has 0 saturated carbocycles. The van der Waals surface area contributed by atoms with E-state index in [2.05, 4.69) is 31.2 Å². The van der Waals surface area contributed by atoms with Crippen molar-refractivity contribution in [3.05, 3.63) is 29.0 Å². The summed E-state index contributed by atoms with van der Waals surface area (Å²) in [5, 5.41) is 4.44. The largest absolute Gasteiger partial charge is 0.444 e. The lowest BCUT2D eigenvalue weighted by atomic mass is 10.2. The monoisotopic (exact) mass is 392 g/mol. The van der Waals surface area contributed by atoms with E-state index in [1.165, 1.54) is 0 Å². The van der Waals surface area contributed by atoms with Gasteiger partial charge in [-0.25, -0.2) is 9.78 Å². The minimum Gasteiger partial charge on any atom is -0.444 e. The summed E-state index contributed by atoms with van der Waals surface area (Å²) in [4.78, 5) is 22.8. The molecule has 3 rings (SSSR count). The van der Waals surface area contributed by atoms with Crippen LogP contribution in [0.15, 0.2) is 29.0 Å². The van der Waals surface area contributed by atoms with Crippen molar-refractivity contribution in [3.63, 3.8) is 0 Å². The van der Waals surface area contributed by atoms with E-state index in [1.54, 1.807) is 11.1 Å². The number of hydrogen-bond acceptors (Lipinski definition) is 5. The lowest BCUT2D eigenvalue weighted by Gasteiger charge is -2.24. The van der Waals surface area contributed by atoms with Crippen LogP contribution in [-0.2, 0) is 4.74 Å². The first kappa shape index (κ1) is 17.0. The molecule has 128 valence electrons. The van der Waals surface area contributed by atoms with Gasteiger partial charge in [0.1, 0.15) is 15.7 Å². The van der Waals surface area contributed by atoms with Gasteiger partial charge in [0.05, 0.1) is 0 Å². The van der Waals surface area contributed by atoms with Crippen molar-refractivity contribution in [1.29, 1.82) is 0 Å². The summed E-state index contributed by atoms with van der Waals surface area (Å²) in [7, 11) is 0. The van der Waals surface area contributed by atoms with Gasteiger partial charge in [-0.2, -0.15) is 0 Å². The number of anilines is 1. The van der Waals surface area contributed by atoms with Crippen molar-refractivity contribution >= 4 is 38.7 Å². The fourth-order valence-corrected chi connectivity index (χ4v) is 3.14. The van der Waals surface area contributed by atoms with Crippen LogP contribution in [0.1, 0.15) is 27.2 Å². The summed E-state index contributed by atoms with van der Waals surface area (Å²) < 4.78 is 6.19. The average molecular weight is 393 g/mol. The van der Waals surface area contributed by atoms with Crippen molar-refractivity contribution in [3.8, 4) is 0 Å². The second-order valence-corrected chi connectivity index (χ2v) is 7.74. The topological polar surface area (TPSA) is 67.3 Å². The summed E-state index contributed by atoms with van der Waals surface area (Å²) in [5.74, 6) is 0.732. The molecule has 1 N–H and O–H groups in total. The number of hydrogen-bond donors (Lipinski definition) is 1. The van der Waals surface area contributed by atoms with Crippen molar-refractivity contribution in [2.45, 2.75) is 38.8 Å². The number of nitrogens with zero attached hydrogens (tertiary/aromatic N) is 3. The van der Waals surface area contributed by atoms with E-state index >= 15 is 0 Å². The molecule has 3 heterocycles. The fraction of sp³-hybridized carbons (Fsp3) is 0.471. The van der Waals surface area contributed by atoms with E-state index in [9.17, 15) is 4.79 Å². The lowest BCUT2D eigenvalue weighted by Crippen LogP contribution is -2.36. The van der Waals surface area contributed by atoms with Crippen LogP contribution in [0.4, 0.5) is 10.6 Å². The molecule has 24 heavy (non-hydrogen) atoms. The molecule has 2 aromatic heterocycles. The van der Waals surface area contributed by atoms with Crippen molar-refractivity contribution in [2.75, 3.05) is 18.4 Å². The Labute approximate surface area is 149 Å². The fourth-order valence-electron chi connectivity index (χ4n) is 2.72. The maximum absolute atomic E-state index is 12.2. The third-order valence-corrected chi connectivity index (χ3v) is 4.14. The molecule has 1 saturated heterocycles. The summed E-state index contributed by atoms with van der Waals surface area (Å²) in [6.07, 6.45) is 2.34. The molecule has 1 aliphatic rings. The molecule has 0 radical (unpaired) electrons. The summed E-state index contributed by atoms with van der Waals surface area (Å²) in [5.41, 5.74) is 0.352. The van der Waals surface area contributed by atoms with Crippen LogP contribution in [0.2, 0.25) is 0 Å². The number of pyridine rings is 2. The van der Waals surface area contributed by atoms with E-state index in [1.807, 2.05) is 39.0 Å².